The van der Waals surface area contributed by atoms with Crippen LogP contribution in [0.3, 0.4) is 0 Å². The summed E-state index contributed by atoms with van der Waals surface area (Å²) in [5.74, 6) is 0.873. The molecule has 2 fully saturated rings. The molecule has 2 nitrogen and oxygen atoms in total. The fourth-order valence-electron chi connectivity index (χ4n) is 3.58. The summed E-state index contributed by atoms with van der Waals surface area (Å²) in [5, 5.41) is 3.68. The molecule has 1 aromatic carbocycles. The van der Waals surface area contributed by atoms with Gasteiger partial charge in [-0.2, -0.15) is 0 Å². The number of hydrogen-bond donors (Lipinski definition) is 1. The highest BCUT2D eigenvalue weighted by molar-refractivity contribution is 5.55. The lowest BCUT2D eigenvalue weighted by molar-refractivity contribution is 0.482. The molecule has 0 bridgehead atoms. The first-order chi connectivity index (χ1) is 9.33. The molecule has 1 atom stereocenters. The van der Waals surface area contributed by atoms with Crippen molar-refractivity contribution in [3.63, 3.8) is 0 Å². The molecule has 3 rings (SSSR count). The monoisotopic (exact) mass is 258 g/mol. The molecule has 0 spiro atoms. The quantitative estimate of drug-likeness (QED) is 0.867. The Hall–Kier alpha value is -1.18. The van der Waals surface area contributed by atoms with E-state index in [1.165, 1.54) is 63.0 Å². The van der Waals surface area contributed by atoms with Gasteiger partial charge in [-0.3, -0.25) is 0 Å². The highest BCUT2D eigenvalue weighted by atomic mass is 15.1. The summed E-state index contributed by atoms with van der Waals surface area (Å²) in [4.78, 5) is 2.49. The van der Waals surface area contributed by atoms with Gasteiger partial charge in [-0.25, -0.2) is 0 Å². The molecule has 1 saturated carbocycles. The average molecular weight is 258 g/mol. The lowest BCUT2D eigenvalue weighted by Gasteiger charge is -2.22. The van der Waals surface area contributed by atoms with E-state index in [0.29, 0.717) is 6.04 Å². The predicted octanol–water partition coefficient (Wildman–Crippen LogP) is 4.28. The van der Waals surface area contributed by atoms with E-state index in [2.05, 4.69) is 41.4 Å². The van der Waals surface area contributed by atoms with Gasteiger partial charge in [-0.15, -0.1) is 0 Å². The van der Waals surface area contributed by atoms with Crippen molar-refractivity contribution in [3.8, 4) is 0 Å². The highest BCUT2D eigenvalue weighted by Crippen LogP contribution is 2.29. The molecular weight excluding hydrogens is 232 g/mol. The van der Waals surface area contributed by atoms with E-state index in [-0.39, 0.29) is 0 Å². The van der Waals surface area contributed by atoms with Crippen LogP contribution in [0.4, 0.5) is 11.4 Å². The average Bonchev–Trinajstić information content (AvgIpc) is 3.13. The minimum absolute atomic E-state index is 0.611. The first-order valence-corrected chi connectivity index (χ1v) is 7.94. The molecule has 2 heteroatoms. The lowest BCUT2D eigenvalue weighted by Crippen LogP contribution is -2.23. The molecule has 19 heavy (non-hydrogen) atoms. The van der Waals surface area contributed by atoms with E-state index in [1.807, 2.05) is 0 Å². The van der Waals surface area contributed by atoms with Crippen molar-refractivity contribution < 1.29 is 0 Å². The number of hydrogen-bond acceptors (Lipinski definition) is 2. The molecule has 1 aliphatic carbocycles. The normalized spacial score (nSPS) is 21.8. The van der Waals surface area contributed by atoms with Gasteiger partial charge >= 0.3 is 0 Å². The summed E-state index contributed by atoms with van der Waals surface area (Å²) in [7, 11) is 0. The van der Waals surface area contributed by atoms with Crippen molar-refractivity contribution in [2.24, 2.45) is 5.92 Å². The van der Waals surface area contributed by atoms with E-state index in [9.17, 15) is 0 Å². The van der Waals surface area contributed by atoms with Crippen LogP contribution in [0.15, 0.2) is 24.3 Å². The van der Waals surface area contributed by atoms with Crippen LogP contribution in [0.25, 0.3) is 0 Å². The van der Waals surface area contributed by atoms with E-state index in [4.69, 9.17) is 0 Å². The third kappa shape index (κ3) is 3.05. The van der Waals surface area contributed by atoms with Gasteiger partial charge in [0.15, 0.2) is 0 Å². The van der Waals surface area contributed by atoms with Crippen LogP contribution in [0.2, 0.25) is 0 Å². The number of benzene rings is 1. The van der Waals surface area contributed by atoms with E-state index >= 15 is 0 Å². The summed E-state index contributed by atoms with van der Waals surface area (Å²) in [6.45, 7) is 4.79. The molecule has 0 amide bonds. The molecular formula is C17H26N2. The van der Waals surface area contributed by atoms with E-state index in [1.54, 1.807) is 0 Å². The van der Waals surface area contributed by atoms with Gasteiger partial charge in [0.25, 0.3) is 0 Å². The van der Waals surface area contributed by atoms with Gasteiger partial charge < -0.3 is 10.2 Å². The number of nitrogens with one attached hydrogen (secondary N) is 1. The molecule has 104 valence electrons. The first-order valence-electron chi connectivity index (χ1n) is 7.94. The van der Waals surface area contributed by atoms with E-state index < -0.39 is 0 Å². The maximum absolute atomic E-state index is 3.68. The lowest BCUT2D eigenvalue weighted by atomic mass is 9.99. The maximum Gasteiger partial charge on any atom is 0.0367 e. The van der Waals surface area contributed by atoms with Crippen LogP contribution in [0.5, 0.6) is 0 Å². The fraction of sp³-hybridized carbons (Fsp3) is 0.647. The van der Waals surface area contributed by atoms with Crippen molar-refractivity contribution in [1.29, 1.82) is 0 Å². The number of anilines is 2. The van der Waals surface area contributed by atoms with Crippen LogP contribution >= 0.6 is 0 Å². The van der Waals surface area contributed by atoms with E-state index in [0.717, 1.165) is 5.92 Å². The summed E-state index contributed by atoms with van der Waals surface area (Å²) in [5.41, 5.74) is 2.67. The summed E-state index contributed by atoms with van der Waals surface area (Å²) in [6.07, 6.45) is 8.34. The molecule has 1 aromatic rings. The molecule has 0 radical (unpaired) electrons. The van der Waals surface area contributed by atoms with Crippen molar-refractivity contribution in [1.82, 2.24) is 0 Å². The zero-order valence-corrected chi connectivity index (χ0v) is 12.1. The standard InChI is InChI=1S/C17H26N2/c1-14(15-6-2-3-7-15)18-16-8-10-17(11-9-16)19-12-4-5-13-19/h8-11,14-15,18H,2-7,12-13H2,1H3. The summed E-state index contributed by atoms with van der Waals surface area (Å²) in [6, 6.07) is 9.66. The van der Waals surface area contributed by atoms with Crippen molar-refractivity contribution in [3.05, 3.63) is 24.3 Å². The topological polar surface area (TPSA) is 15.3 Å². The van der Waals surface area contributed by atoms with Gasteiger partial charge in [0, 0.05) is 30.5 Å². The second-order valence-electron chi connectivity index (χ2n) is 6.22. The van der Waals surface area contributed by atoms with Gasteiger partial charge in [-0.05, 0) is 62.8 Å². The Morgan fingerprint density at radius 3 is 2.26 bits per heavy atom. The fourth-order valence-corrected chi connectivity index (χ4v) is 3.58. The van der Waals surface area contributed by atoms with Crippen LogP contribution in [-0.4, -0.2) is 19.1 Å². The Labute approximate surface area is 117 Å². The van der Waals surface area contributed by atoms with Crippen molar-refractivity contribution in [2.45, 2.75) is 51.5 Å². The zero-order valence-electron chi connectivity index (χ0n) is 12.1. The van der Waals surface area contributed by atoms with Crippen LogP contribution < -0.4 is 10.2 Å². The van der Waals surface area contributed by atoms with Gasteiger partial charge in [-0.1, -0.05) is 12.8 Å². The van der Waals surface area contributed by atoms with Gasteiger partial charge in [0.05, 0.1) is 0 Å². The predicted molar refractivity (Wildman–Crippen MR) is 82.9 cm³/mol. The Morgan fingerprint density at radius 2 is 1.63 bits per heavy atom. The van der Waals surface area contributed by atoms with Gasteiger partial charge in [0.2, 0.25) is 0 Å². The maximum atomic E-state index is 3.68. The summed E-state index contributed by atoms with van der Waals surface area (Å²) >= 11 is 0. The minimum Gasteiger partial charge on any atom is -0.382 e. The first kappa shape index (κ1) is 12.8. The molecule has 1 unspecified atom stereocenters. The number of rotatable bonds is 4. The second kappa shape index (κ2) is 5.85. The SMILES string of the molecule is CC(Nc1ccc(N2CCCC2)cc1)C1CCCC1. The zero-order chi connectivity index (χ0) is 13.1. The molecule has 2 aliphatic rings. The third-order valence-corrected chi connectivity index (χ3v) is 4.84. The Kier molecular flexibility index (Phi) is 3.95. The molecule has 1 saturated heterocycles. The summed E-state index contributed by atoms with van der Waals surface area (Å²) < 4.78 is 0. The number of nitrogens with zero attached hydrogens (tertiary/aromatic N) is 1. The Bertz CT molecular complexity index is 386. The smallest absolute Gasteiger partial charge is 0.0367 e. The molecule has 0 aromatic heterocycles. The van der Waals surface area contributed by atoms with Crippen LogP contribution in [0.1, 0.15) is 45.4 Å². The Balaban J connectivity index is 1.58. The van der Waals surface area contributed by atoms with Crippen molar-refractivity contribution in [2.75, 3.05) is 23.3 Å². The van der Waals surface area contributed by atoms with Crippen LogP contribution in [0, 0.1) is 5.92 Å². The largest absolute Gasteiger partial charge is 0.382 e. The minimum atomic E-state index is 0.611. The van der Waals surface area contributed by atoms with Crippen LogP contribution in [-0.2, 0) is 0 Å². The Morgan fingerprint density at radius 1 is 1.00 bits per heavy atom. The molecule has 1 aliphatic heterocycles. The molecule has 1 N–H and O–H groups in total. The van der Waals surface area contributed by atoms with Crippen molar-refractivity contribution >= 4 is 11.4 Å². The second-order valence-corrected chi connectivity index (χ2v) is 6.22. The van der Waals surface area contributed by atoms with Gasteiger partial charge in [0.1, 0.15) is 0 Å². The highest BCUT2D eigenvalue weighted by Gasteiger charge is 2.21. The third-order valence-electron chi connectivity index (χ3n) is 4.84. The molecule has 1 heterocycles.